The van der Waals surface area contributed by atoms with Crippen LogP contribution in [0.25, 0.3) is 0 Å². The number of hydrogen-bond acceptors (Lipinski definition) is 4. The second-order valence-corrected chi connectivity index (χ2v) is 5.26. The zero-order valence-corrected chi connectivity index (χ0v) is 11.2. The summed E-state index contributed by atoms with van der Waals surface area (Å²) < 4.78 is 5.61. The number of alkyl halides is 1. The Morgan fingerprint density at radius 3 is 2.82 bits per heavy atom. The Balaban J connectivity index is 2.19. The van der Waals surface area contributed by atoms with Gasteiger partial charge in [-0.15, -0.1) is 11.6 Å². The molecule has 0 aromatic carbocycles. The molecule has 1 aliphatic rings. The zero-order valence-electron chi connectivity index (χ0n) is 10.5. The third-order valence-electron chi connectivity index (χ3n) is 2.59. The lowest BCUT2D eigenvalue weighted by Gasteiger charge is -2.17. The number of halogens is 1. The van der Waals surface area contributed by atoms with Crippen LogP contribution >= 0.6 is 11.6 Å². The number of aromatic nitrogens is 2. The highest BCUT2D eigenvalue weighted by Crippen LogP contribution is 2.22. The van der Waals surface area contributed by atoms with E-state index in [0.29, 0.717) is 5.88 Å². The van der Waals surface area contributed by atoms with Crippen molar-refractivity contribution in [3.63, 3.8) is 0 Å². The molecule has 2 rings (SSSR count). The standard InChI is InChI=1S/C12H18ClN3O/c1-8(2)17-11-6-9(3)14-12(15-11)16-5-4-10(13)7-16/h6,8,10H,4-5,7H2,1-3H3. The molecule has 5 heteroatoms. The van der Waals surface area contributed by atoms with E-state index in [2.05, 4.69) is 14.9 Å². The molecule has 1 fully saturated rings. The molecule has 0 aliphatic carbocycles. The summed E-state index contributed by atoms with van der Waals surface area (Å²) in [6, 6.07) is 1.86. The van der Waals surface area contributed by atoms with Crippen LogP contribution < -0.4 is 9.64 Å². The first-order chi connectivity index (χ1) is 8.04. The van der Waals surface area contributed by atoms with Crippen molar-refractivity contribution in [1.82, 2.24) is 9.97 Å². The monoisotopic (exact) mass is 255 g/mol. The van der Waals surface area contributed by atoms with Crippen LogP contribution in [-0.2, 0) is 0 Å². The lowest BCUT2D eigenvalue weighted by Crippen LogP contribution is -2.23. The van der Waals surface area contributed by atoms with Gasteiger partial charge in [0.15, 0.2) is 0 Å². The Kier molecular flexibility index (Phi) is 3.72. The van der Waals surface area contributed by atoms with Crippen LogP contribution in [-0.4, -0.2) is 34.5 Å². The summed E-state index contributed by atoms with van der Waals surface area (Å²) in [6.45, 7) is 7.65. The Morgan fingerprint density at radius 1 is 1.47 bits per heavy atom. The lowest BCUT2D eigenvalue weighted by atomic mass is 10.4. The highest BCUT2D eigenvalue weighted by molar-refractivity contribution is 6.21. The highest BCUT2D eigenvalue weighted by Gasteiger charge is 2.23. The maximum absolute atomic E-state index is 6.09. The quantitative estimate of drug-likeness (QED) is 0.778. The second kappa shape index (κ2) is 5.08. The van der Waals surface area contributed by atoms with Gasteiger partial charge in [0.25, 0.3) is 0 Å². The van der Waals surface area contributed by atoms with Crippen LogP contribution in [0.4, 0.5) is 5.95 Å². The second-order valence-electron chi connectivity index (χ2n) is 4.65. The molecule has 1 aromatic rings. The Hall–Kier alpha value is -1.03. The number of rotatable bonds is 3. The van der Waals surface area contributed by atoms with E-state index in [0.717, 1.165) is 31.2 Å². The van der Waals surface area contributed by atoms with E-state index in [1.54, 1.807) is 0 Å². The van der Waals surface area contributed by atoms with Gasteiger partial charge in [-0.3, -0.25) is 0 Å². The molecule has 2 heterocycles. The van der Waals surface area contributed by atoms with Crippen molar-refractivity contribution < 1.29 is 4.74 Å². The van der Waals surface area contributed by atoms with Crippen molar-refractivity contribution in [3.8, 4) is 5.88 Å². The van der Waals surface area contributed by atoms with E-state index in [4.69, 9.17) is 16.3 Å². The average Bonchev–Trinajstić information content (AvgIpc) is 2.62. The lowest BCUT2D eigenvalue weighted by molar-refractivity contribution is 0.232. The first kappa shape index (κ1) is 12.4. The van der Waals surface area contributed by atoms with Crippen molar-refractivity contribution in [2.45, 2.75) is 38.7 Å². The zero-order chi connectivity index (χ0) is 12.4. The van der Waals surface area contributed by atoms with Gasteiger partial charge in [-0.05, 0) is 27.2 Å². The van der Waals surface area contributed by atoms with Crippen LogP contribution in [0.5, 0.6) is 5.88 Å². The number of hydrogen-bond donors (Lipinski definition) is 0. The van der Waals surface area contributed by atoms with Gasteiger partial charge in [-0.25, -0.2) is 4.98 Å². The van der Waals surface area contributed by atoms with Crippen molar-refractivity contribution in [3.05, 3.63) is 11.8 Å². The van der Waals surface area contributed by atoms with E-state index in [1.807, 2.05) is 26.8 Å². The predicted molar refractivity (Wildman–Crippen MR) is 69.0 cm³/mol. The summed E-state index contributed by atoms with van der Waals surface area (Å²) in [6.07, 6.45) is 1.11. The Bertz CT molecular complexity index is 397. The fourth-order valence-corrected chi connectivity index (χ4v) is 2.13. The Labute approximate surface area is 107 Å². The molecule has 0 spiro atoms. The minimum absolute atomic E-state index is 0.122. The van der Waals surface area contributed by atoms with Crippen molar-refractivity contribution in [2.24, 2.45) is 0 Å². The van der Waals surface area contributed by atoms with Crippen molar-refractivity contribution in [1.29, 1.82) is 0 Å². The summed E-state index contributed by atoms with van der Waals surface area (Å²) >= 11 is 6.09. The molecule has 1 saturated heterocycles. The molecule has 17 heavy (non-hydrogen) atoms. The van der Waals surface area contributed by atoms with Gasteiger partial charge in [0.05, 0.1) is 11.5 Å². The minimum Gasteiger partial charge on any atom is -0.475 e. The molecule has 1 aromatic heterocycles. The number of ether oxygens (including phenoxy) is 1. The average molecular weight is 256 g/mol. The molecule has 0 N–H and O–H groups in total. The summed E-state index contributed by atoms with van der Waals surface area (Å²) in [4.78, 5) is 11.0. The van der Waals surface area contributed by atoms with Gasteiger partial charge < -0.3 is 9.64 Å². The molecule has 0 radical (unpaired) electrons. The van der Waals surface area contributed by atoms with E-state index in [9.17, 15) is 0 Å². The topological polar surface area (TPSA) is 38.2 Å². The van der Waals surface area contributed by atoms with Gasteiger partial charge in [-0.2, -0.15) is 4.98 Å². The van der Waals surface area contributed by atoms with Crippen molar-refractivity contribution >= 4 is 17.5 Å². The normalized spacial score (nSPS) is 20.1. The molecule has 1 aliphatic heterocycles. The molecule has 4 nitrogen and oxygen atoms in total. The van der Waals surface area contributed by atoms with Gasteiger partial charge in [0, 0.05) is 24.8 Å². The fraction of sp³-hybridized carbons (Fsp3) is 0.667. The maximum Gasteiger partial charge on any atom is 0.228 e. The van der Waals surface area contributed by atoms with Crippen molar-refractivity contribution in [2.75, 3.05) is 18.0 Å². The first-order valence-electron chi connectivity index (χ1n) is 5.96. The molecule has 0 bridgehead atoms. The van der Waals surface area contributed by atoms with Crippen LogP contribution in [0.2, 0.25) is 0 Å². The largest absolute Gasteiger partial charge is 0.475 e. The molecule has 1 unspecified atom stereocenters. The SMILES string of the molecule is Cc1cc(OC(C)C)nc(N2CCC(Cl)C2)n1. The van der Waals surface area contributed by atoms with E-state index in [1.165, 1.54) is 0 Å². The van der Waals surface area contributed by atoms with E-state index < -0.39 is 0 Å². The van der Waals surface area contributed by atoms with Gasteiger partial charge >= 0.3 is 0 Å². The van der Waals surface area contributed by atoms with E-state index >= 15 is 0 Å². The smallest absolute Gasteiger partial charge is 0.228 e. The first-order valence-corrected chi connectivity index (χ1v) is 6.39. The molecular weight excluding hydrogens is 238 g/mol. The maximum atomic E-state index is 6.09. The molecule has 0 amide bonds. The van der Waals surface area contributed by atoms with Gasteiger partial charge in [0.1, 0.15) is 0 Å². The summed E-state index contributed by atoms with van der Waals surface area (Å²) in [5, 5.41) is 0.202. The van der Waals surface area contributed by atoms with Crippen LogP contribution in [0.1, 0.15) is 26.0 Å². The summed E-state index contributed by atoms with van der Waals surface area (Å²) in [7, 11) is 0. The Morgan fingerprint density at radius 2 is 2.24 bits per heavy atom. The number of aryl methyl sites for hydroxylation is 1. The summed E-state index contributed by atoms with van der Waals surface area (Å²) in [5.74, 6) is 1.37. The van der Waals surface area contributed by atoms with E-state index in [-0.39, 0.29) is 11.5 Å². The highest BCUT2D eigenvalue weighted by atomic mass is 35.5. The molecule has 0 saturated carbocycles. The number of nitrogens with zero attached hydrogens (tertiary/aromatic N) is 3. The van der Waals surface area contributed by atoms with Gasteiger partial charge in [0.2, 0.25) is 11.8 Å². The van der Waals surface area contributed by atoms with Gasteiger partial charge in [-0.1, -0.05) is 0 Å². The number of anilines is 1. The third kappa shape index (κ3) is 3.22. The summed E-state index contributed by atoms with van der Waals surface area (Å²) in [5.41, 5.74) is 0.920. The van der Waals surface area contributed by atoms with Crippen LogP contribution in [0.15, 0.2) is 6.07 Å². The van der Waals surface area contributed by atoms with Crippen LogP contribution in [0, 0.1) is 6.92 Å². The molecule has 94 valence electrons. The molecule has 1 atom stereocenters. The van der Waals surface area contributed by atoms with Crippen LogP contribution in [0.3, 0.4) is 0 Å². The third-order valence-corrected chi connectivity index (χ3v) is 2.95. The fourth-order valence-electron chi connectivity index (χ4n) is 1.87. The predicted octanol–water partition coefficient (Wildman–Crippen LogP) is 2.39. The minimum atomic E-state index is 0.122. The molecular formula is C12H18ClN3O.